The van der Waals surface area contributed by atoms with Crippen molar-refractivity contribution in [1.29, 1.82) is 0 Å². The lowest BCUT2D eigenvalue weighted by molar-refractivity contribution is 0.0718. The van der Waals surface area contributed by atoms with Crippen LogP contribution in [0.4, 0.5) is 4.39 Å². The van der Waals surface area contributed by atoms with E-state index in [0.29, 0.717) is 49.5 Å². The number of amides is 2. The Bertz CT molecular complexity index is 792. The third-order valence-corrected chi connectivity index (χ3v) is 4.48. The van der Waals surface area contributed by atoms with Crippen molar-refractivity contribution < 1.29 is 18.7 Å². The summed E-state index contributed by atoms with van der Waals surface area (Å²) in [4.78, 5) is 28.7. The van der Waals surface area contributed by atoms with Crippen LogP contribution in [0.2, 0.25) is 0 Å². The number of carbonyl (C=O) groups is 2. The lowest BCUT2D eigenvalue weighted by atomic mass is 10.2. The lowest BCUT2D eigenvalue weighted by Crippen LogP contribution is -2.37. The highest BCUT2D eigenvalue weighted by molar-refractivity contribution is 5.95. The van der Waals surface area contributed by atoms with Gasteiger partial charge >= 0.3 is 0 Å². The van der Waals surface area contributed by atoms with E-state index in [1.165, 1.54) is 18.2 Å². The number of nitrogens with zero attached hydrogens (tertiary/aromatic N) is 2. The van der Waals surface area contributed by atoms with E-state index in [-0.39, 0.29) is 11.8 Å². The van der Waals surface area contributed by atoms with Crippen LogP contribution >= 0.6 is 0 Å². The molecule has 136 valence electrons. The molecule has 0 unspecified atom stereocenters. The molecule has 0 saturated carbocycles. The van der Waals surface area contributed by atoms with Crippen LogP contribution in [0.1, 0.15) is 27.1 Å². The second-order valence-corrected chi connectivity index (χ2v) is 6.18. The number of carbonyl (C=O) groups excluding carboxylic acids is 2. The Morgan fingerprint density at radius 1 is 0.885 bits per heavy atom. The normalized spacial score (nSPS) is 14.7. The summed E-state index contributed by atoms with van der Waals surface area (Å²) in [5.74, 6) is 0.00205. The Hall–Kier alpha value is -2.89. The maximum absolute atomic E-state index is 13.4. The molecule has 2 aromatic rings. The highest BCUT2D eigenvalue weighted by Crippen LogP contribution is 2.15. The molecule has 0 N–H and O–H groups in total. The number of methoxy groups -OCH3 is 1. The van der Waals surface area contributed by atoms with E-state index in [2.05, 4.69) is 0 Å². The van der Waals surface area contributed by atoms with Crippen LogP contribution in [-0.2, 0) is 0 Å². The summed E-state index contributed by atoms with van der Waals surface area (Å²) in [5.41, 5.74) is 0.927. The lowest BCUT2D eigenvalue weighted by Gasteiger charge is -2.22. The average molecular weight is 356 g/mol. The standard InChI is InChI=1S/C20H21FN2O3/c1-26-18-8-6-15(7-9-18)19(24)22-10-3-11-23(13-12-22)20(25)16-4-2-5-17(21)14-16/h2,4-9,14H,3,10-13H2,1H3. The van der Waals surface area contributed by atoms with Crippen LogP contribution in [0.15, 0.2) is 48.5 Å². The largest absolute Gasteiger partial charge is 0.497 e. The van der Waals surface area contributed by atoms with Crippen molar-refractivity contribution in [2.24, 2.45) is 0 Å². The number of hydrogen-bond acceptors (Lipinski definition) is 3. The SMILES string of the molecule is COc1ccc(C(=O)N2CCCN(C(=O)c3cccc(F)c3)CC2)cc1. The van der Waals surface area contributed by atoms with Gasteiger partial charge in [-0.25, -0.2) is 4.39 Å². The second kappa shape index (κ2) is 7.99. The van der Waals surface area contributed by atoms with E-state index in [0.717, 1.165) is 0 Å². The van der Waals surface area contributed by atoms with Crippen molar-refractivity contribution in [1.82, 2.24) is 9.80 Å². The fourth-order valence-electron chi connectivity index (χ4n) is 3.04. The van der Waals surface area contributed by atoms with Gasteiger partial charge < -0.3 is 14.5 Å². The zero-order chi connectivity index (χ0) is 18.5. The number of benzene rings is 2. The van der Waals surface area contributed by atoms with Gasteiger partial charge in [0.25, 0.3) is 11.8 Å². The van der Waals surface area contributed by atoms with Gasteiger partial charge in [-0.2, -0.15) is 0 Å². The first-order valence-electron chi connectivity index (χ1n) is 8.56. The van der Waals surface area contributed by atoms with Crippen molar-refractivity contribution in [3.63, 3.8) is 0 Å². The molecular formula is C20H21FN2O3. The maximum Gasteiger partial charge on any atom is 0.254 e. The molecule has 6 heteroatoms. The molecule has 26 heavy (non-hydrogen) atoms. The Kier molecular flexibility index (Phi) is 5.51. The number of halogens is 1. The van der Waals surface area contributed by atoms with E-state index < -0.39 is 5.82 Å². The van der Waals surface area contributed by atoms with Gasteiger partial charge in [-0.3, -0.25) is 9.59 Å². The topological polar surface area (TPSA) is 49.9 Å². The van der Waals surface area contributed by atoms with E-state index in [4.69, 9.17) is 4.74 Å². The highest BCUT2D eigenvalue weighted by Gasteiger charge is 2.23. The first kappa shape index (κ1) is 17.9. The van der Waals surface area contributed by atoms with Crippen LogP contribution in [0.25, 0.3) is 0 Å². The van der Waals surface area contributed by atoms with Gasteiger partial charge in [0.1, 0.15) is 11.6 Å². The molecule has 1 aliphatic heterocycles. The molecule has 0 radical (unpaired) electrons. The van der Waals surface area contributed by atoms with Crippen LogP contribution in [0, 0.1) is 5.82 Å². The van der Waals surface area contributed by atoms with E-state index in [1.807, 2.05) is 0 Å². The third-order valence-electron chi connectivity index (χ3n) is 4.48. The van der Waals surface area contributed by atoms with Crippen LogP contribution < -0.4 is 4.74 Å². The molecule has 0 aliphatic carbocycles. The first-order chi connectivity index (χ1) is 12.6. The van der Waals surface area contributed by atoms with Gasteiger partial charge in [-0.15, -0.1) is 0 Å². The molecule has 0 aromatic heterocycles. The molecule has 1 heterocycles. The summed E-state index contributed by atoms with van der Waals surface area (Å²) in [5, 5.41) is 0. The average Bonchev–Trinajstić information content (AvgIpc) is 2.93. The predicted molar refractivity (Wildman–Crippen MR) is 95.8 cm³/mol. The molecule has 2 aromatic carbocycles. The van der Waals surface area contributed by atoms with Gasteiger partial charge in [0, 0.05) is 37.3 Å². The molecule has 0 spiro atoms. The Morgan fingerprint density at radius 2 is 1.50 bits per heavy atom. The number of ether oxygens (including phenoxy) is 1. The van der Waals surface area contributed by atoms with Crippen molar-refractivity contribution in [3.05, 3.63) is 65.5 Å². The number of rotatable bonds is 3. The van der Waals surface area contributed by atoms with E-state index >= 15 is 0 Å². The second-order valence-electron chi connectivity index (χ2n) is 6.18. The van der Waals surface area contributed by atoms with Crippen LogP contribution in [0.5, 0.6) is 5.75 Å². The minimum Gasteiger partial charge on any atom is -0.497 e. The quantitative estimate of drug-likeness (QED) is 0.850. The summed E-state index contributed by atoms with van der Waals surface area (Å²) in [7, 11) is 1.58. The smallest absolute Gasteiger partial charge is 0.254 e. The molecule has 2 amide bonds. The predicted octanol–water partition coefficient (Wildman–Crippen LogP) is 2.82. The maximum atomic E-state index is 13.4. The van der Waals surface area contributed by atoms with E-state index in [1.54, 1.807) is 47.2 Å². The zero-order valence-electron chi connectivity index (χ0n) is 14.7. The highest BCUT2D eigenvalue weighted by atomic mass is 19.1. The minimum atomic E-state index is -0.429. The minimum absolute atomic E-state index is 0.0623. The van der Waals surface area contributed by atoms with Gasteiger partial charge in [-0.05, 0) is 48.9 Å². The fraction of sp³-hybridized carbons (Fsp3) is 0.300. The molecule has 3 rings (SSSR count). The number of hydrogen-bond donors (Lipinski definition) is 0. The van der Waals surface area contributed by atoms with Crippen LogP contribution in [-0.4, -0.2) is 54.9 Å². The van der Waals surface area contributed by atoms with Crippen molar-refractivity contribution in [2.45, 2.75) is 6.42 Å². The molecule has 5 nitrogen and oxygen atoms in total. The zero-order valence-corrected chi connectivity index (χ0v) is 14.7. The van der Waals surface area contributed by atoms with Crippen molar-refractivity contribution in [3.8, 4) is 5.75 Å². The molecule has 1 aliphatic rings. The monoisotopic (exact) mass is 356 g/mol. The summed E-state index contributed by atoms with van der Waals surface area (Å²) < 4.78 is 18.5. The summed E-state index contributed by atoms with van der Waals surface area (Å²) >= 11 is 0. The first-order valence-corrected chi connectivity index (χ1v) is 8.56. The Balaban J connectivity index is 1.65. The van der Waals surface area contributed by atoms with E-state index in [9.17, 15) is 14.0 Å². The summed E-state index contributed by atoms with van der Waals surface area (Å²) in [6.07, 6.45) is 0.683. The molecular weight excluding hydrogens is 335 g/mol. The molecule has 1 saturated heterocycles. The third kappa shape index (κ3) is 4.02. The fourth-order valence-corrected chi connectivity index (χ4v) is 3.04. The van der Waals surface area contributed by atoms with Crippen molar-refractivity contribution in [2.75, 3.05) is 33.3 Å². The van der Waals surface area contributed by atoms with Crippen molar-refractivity contribution >= 4 is 11.8 Å². The molecule has 0 bridgehead atoms. The Labute approximate surface area is 152 Å². The van der Waals surface area contributed by atoms with Crippen LogP contribution in [0.3, 0.4) is 0 Å². The van der Waals surface area contributed by atoms with Gasteiger partial charge in [0.05, 0.1) is 7.11 Å². The van der Waals surface area contributed by atoms with Gasteiger partial charge in [-0.1, -0.05) is 6.07 Å². The van der Waals surface area contributed by atoms with Gasteiger partial charge in [0.15, 0.2) is 0 Å². The van der Waals surface area contributed by atoms with Gasteiger partial charge in [0.2, 0.25) is 0 Å². The molecule has 1 fully saturated rings. The Morgan fingerprint density at radius 3 is 2.08 bits per heavy atom. The summed E-state index contributed by atoms with van der Waals surface area (Å²) in [6.45, 7) is 2.00. The molecule has 0 atom stereocenters. The summed E-state index contributed by atoms with van der Waals surface area (Å²) in [6, 6.07) is 12.7.